The Hall–Kier alpha value is -2.76. The Morgan fingerprint density at radius 2 is 1.90 bits per heavy atom. The number of benzene rings is 2. The first-order valence-electron chi connectivity index (χ1n) is 9.93. The van der Waals surface area contributed by atoms with Crippen molar-refractivity contribution in [2.45, 2.75) is 39.2 Å². The molecule has 0 saturated carbocycles. The summed E-state index contributed by atoms with van der Waals surface area (Å²) < 4.78 is 31.0. The maximum Gasteiger partial charge on any atom is 0.410 e. The lowest BCUT2D eigenvalue weighted by atomic mass is 9.99. The van der Waals surface area contributed by atoms with Gasteiger partial charge in [0.2, 0.25) is 0 Å². The van der Waals surface area contributed by atoms with E-state index in [4.69, 9.17) is 14.2 Å². The van der Waals surface area contributed by atoms with Crippen LogP contribution in [0, 0.1) is 11.7 Å². The Balaban J connectivity index is 1.61. The molecule has 5 nitrogen and oxygen atoms in total. The summed E-state index contributed by atoms with van der Waals surface area (Å²) in [5, 5.41) is 0. The predicted octanol–water partition coefficient (Wildman–Crippen LogP) is 5.64. The lowest BCUT2D eigenvalue weighted by Gasteiger charge is -2.34. The van der Waals surface area contributed by atoms with Crippen LogP contribution in [-0.4, -0.2) is 36.3 Å². The summed E-state index contributed by atoms with van der Waals surface area (Å²) >= 11 is 0. The number of halogens is 1. The minimum absolute atomic E-state index is 0.172. The Morgan fingerprint density at radius 1 is 1.14 bits per heavy atom. The zero-order chi connectivity index (χ0) is 20.9. The monoisotopic (exact) mass is 401 g/mol. The third-order valence-corrected chi connectivity index (χ3v) is 4.52. The van der Waals surface area contributed by atoms with E-state index in [1.54, 1.807) is 23.1 Å². The van der Waals surface area contributed by atoms with Crippen LogP contribution in [0.5, 0.6) is 17.2 Å². The fourth-order valence-corrected chi connectivity index (χ4v) is 3.20. The normalized spacial score (nSPS) is 17.0. The second-order valence-electron chi connectivity index (χ2n) is 8.25. The van der Waals surface area contributed by atoms with Gasteiger partial charge in [0, 0.05) is 25.1 Å². The van der Waals surface area contributed by atoms with Gasteiger partial charge < -0.3 is 19.1 Å². The first kappa shape index (κ1) is 21.0. The van der Waals surface area contributed by atoms with Gasteiger partial charge >= 0.3 is 6.09 Å². The van der Waals surface area contributed by atoms with E-state index in [1.165, 1.54) is 12.1 Å². The molecule has 156 valence electrons. The van der Waals surface area contributed by atoms with Crippen LogP contribution in [0.1, 0.15) is 33.6 Å². The summed E-state index contributed by atoms with van der Waals surface area (Å²) in [6.45, 7) is 7.25. The molecule has 2 aromatic carbocycles. The number of likely N-dealkylation sites (tertiary alicyclic amines) is 1. The molecule has 0 N–H and O–H groups in total. The van der Waals surface area contributed by atoms with E-state index in [0.29, 0.717) is 36.9 Å². The molecule has 1 unspecified atom stereocenters. The molecule has 0 radical (unpaired) electrons. The van der Waals surface area contributed by atoms with E-state index in [2.05, 4.69) is 0 Å². The van der Waals surface area contributed by atoms with E-state index < -0.39 is 11.4 Å². The van der Waals surface area contributed by atoms with Crippen molar-refractivity contribution >= 4 is 6.09 Å². The minimum atomic E-state index is -0.516. The third kappa shape index (κ3) is 6.38. The van der Waals surface area contributed by atoms with Crippen molar-refractivity contribution in [2.24, 2.45) is 5.92 Å². The molecule has 0 bridgehead atoms. The van der Waals surface area contributed by atoms with Gasteiger partial charge in [-0.15, -0.1) is 0 Å². The van der Waals surface area contributed by atoms with Gasteiger partial charge in [-0.1, -0.05) is 18.2 Å². The first-order chi connectivity index (χ1) is 13.8. The van der Waals surface area contributed by atoms with Gasteiger partial charge in [0.15, 0.2) is 11.5 Å². The SMILES string of the molecule is CC(C)(C)OC(=O)N1CCCC(COc2ccc(F)cc2Oc2ccccc2)C1. The van der Waals surface area contributed by atoms with Gasteiger partial charge in [-0.25, -0.2) is 9.18 Å². The van der Waals surface area contributed by atoms with Crippen LogP contribution in [0.15, 0.2) is 48.5 Å². The number of rotatable bonds is 5. The summed E-state index contributed by atoms with van der Waals surface area (Å²) in [5.74, 6) is 1.19. The molecule has 1 atom stereocenters. The average Bonchev–Trinajstić information content (AvgIpc) is 2.67. The first-order valence-corrected chi connectivity index (χ1v) is 9.93. The van der Waals surface area contributed by atoms with Gasteiger partial charge in [0.25, 0.3) is 0 Å². The fraction of sp³-hybridized carbons (Fsp3) is 0.435. The smallest absolute Gasteiger partial charge is 0.410 e. The highest BCUT2D eigenvalue weighted by Gasteiger charge is 2.28. The van der Waals surface area contributed by atoms with Crippen LogP contribution in [0.25, 0.3) is 0 Å². The van der Waals surface area contributed by atoms with Gasteiger partial charge in [0.1, 0.15) is 17.2 Å². The summed E-state index contributed by atoms with van der Waals surface area (Å²) in [6, 6.07) is 13.4. The van der Waals surface area contributed by atoms with Crippen LogP contribution >= 0.6 is 0 Å². The predicted molar refractivity (Wildman–Crippen MR) is 109 cm³/mol. The zero-order valence-corrected chi connectivity index (χ0v) is 17.2. The van der Waals surface area contributed by atoms with E-state index in [-0.39, 0.29) is 12.0 Å². The van der Waals surface area contributed by atoms with Crippen molar-refractivity contribution in [3.8, 4) is 17.2 Å². The summed E-state index contributed by atoms with van der Waals surface area (Å²) in [4.78, 5) is 14.1. The van der Waals surface area contributed by atoms with Crippen LogP contribution < -0.4 is 9.47 Å². The standard InChI is InChI=1S/C23H28FNO4/c1-23(2,3)29-22(26)25-13-7-8-17(15-25)16-27-20-12-11-18(24)14-21(20)28-19-9-5-4-6-10-19/h4-6,9-12,14,17H,7-8,13,15-16H2,1-3H3. The molecule has 1 aliphatic heterocycles. The van der Waals surface area contributed by atoms with Gasteiger partial charge in [-0.3, -0.25) is 0 Å². The second-order valence-corrected chi connectivity index (χ2v) is 8.25. The van der Waals surface area contributed by atoms with Crippen molar-refractivity contribution in [3.05, 3.63) is 54.3 Å². The maximum atomic E-state index is 13.7. The van der Waals surface area contributed by atoms with Gasteiger partial charge in [0.05, 0.1) is 6.61 Å². The molecule has 1 saturated heterocycles. The van der Waals surface area contributed by atoms with E-state index in [0.717, 1.165) is 12.8 Å². The lowest BCUT2D eigenvalue weighted by molar-refractivity contribution is 0.0138. The van der Waals surface area contributed by atoms with Crippen LogP contribution in [-0.2, 0) is 4.74 Å². The molecule has 29 heavy (non-hydrogen) atoms. The number of amides is 1. The van der Waals surface area contributed by atoms with Crippen LogP contribution in [0.4, 0.5) is 9.18 Å². The molecule has 3 rings (SSSR count). The number of carbonyl (C=O) groups excluding carboxylic acids is 1. The highest BCUT2D eigenvalue weighted by molar-refractivity contribution is 5.68. The van der Waals surface area contributed by atoms with E-state index in [9.17, 15) is 9.18 Å². The molecular weight excluding hydrogens is 373 g/mol. The van der Waals surface area contributed by atoms with Gasteiger partial charge in [-0.2, -0.15) is 0 Å². The summed E-state index contributed by atoms with van der Waals surface area (Å²) in [7, 11) is 0. The number of nitrogens with zero attached hydrogens (tertiary/aromatic N) is 1. The molecule has 1 amide bonds. The molecule has 1 heterocycles. The maximum absolute atomic E-state index is 13.7. The highest BCUT2D eigenvalue weighted by atomic mass is 19.1. The number of hydrogen-bond acceptors (Lipinski definition) is 4. The molecule has 0 spiro atoms. The molecule has 0 aliphatic carbocycles. The van der Waals surface area contributed by atoms with Crippen molar-refractivity contribution < 1.29 is 23.4 Å². The highest BCUT2D eigenvalue weighted by Crippen LogP contribution is 2.33. The molecule has 1 aliphatic rings. The number of hydrogen-bond donors (Lipinski definition) is 0. The van der Waals surface area contributed by atoms with Crippen molar-refractivity contribution in [2.75, 3.05) is 19.7 Å². The van der Waals surface area contributed by atoms with Crippen LogP contribution in [0.3, 0.4) is 0 Å². The second kappa shape index (κ2) is 9.16. The average molecular weight is 401 g/mol. The molecule has 2 aromatic rings. The Labute approximate surface area is 171 Å². The molecule has 1 fully saturated rings. The fourth-order valence-electron chi connectivity index (χ4n) is 3.20. The van der Waals surface area contributed by atoms with E-state index >= 15 is 0 Å². The van der Waals surface area contributed by atoms with Gasteiger partial charge in [-0.05, 0) is 57.9 Å². The minimum Gasteiger partial charge on any atom is -0.489 e. The number of carbonyl (C=O) groups is 1. The van der Waals surface area contributed by atoms with Crippen molar-refractivity contribution in [1.82, 2.24) is 4.90 Å². The Morgan fingerprint density at radius 3 is 2.62 bits per heavy atom. The number of para-hydroxylation sites is 1. The summed E-state index contributed by atoms with van der Waals surface area (Å²) in [5.41, 5.74) is -0.516. The summed E-state index contributed by atoms with van der Waals surface area (Å²) in [6.07, 6.45) is 1.55. The number of piperidine rings is 1. The molecule has 6 heteroatoms. The third-order valence-electron chi connectivity index (χ3n) is 4.52. The molecular formula is C23H28FNO4. The zero-order valence-electron chi connectivity index (χ0n) is 17.2. The topological polar surface area (TPSA) is 48.0 Å². The lowest BCUT2D eigenvalue weighted by Crippen LogP contribution is -2.44. The Kier molecular flexibility index (Phi) is 6.62. The van der Waals surface area contributed by atoms with Crippen molar-refractivity contribution in [3.63, 3.8) is 0 Å². The Bertz CT molecular complexity index is 819. The number of ether oxygens (including phenoxy) is 3. The van der Waals surface area contributed by atoms with Crippen molar-refractivity contribution in [1.29, 1.82) is 0 Å². The van der Waals surface area contributed by atoms with Crippen LogP contribution in [0.2, 0.25) is 0 Å². The largest absolute Gasteiger partial charge is 0.489 e. The van der Waals surface area contributed by atoms with E-state index in [1.807, 2.05) is 39.0 Å². The quantitative estimate of drug-likeness (QED) is 0.650. The molecule has 0 aromatic heterocycles.